The number of nitro benzene ring substituents is 1. The van der Waals surface area contributed by atoms with Crippen LogP contribution in [-0.4, -0.2) is 45.7 Å². The summed E-state index contributed by atoms with van der Waals surface area (Å²) in [5, 5.41) is 11.4. The fraction of sp³-hybridized carbons (Fsp3) is 0.571. The molecule has 0 unspecified atom stereocenters. The number of ether oxygens (including phenoxy) is 1. The van der Waals surface area contributed by atoms with Gasteiger partial charge < -0.3 is 9.64 Å². The molecule has 0 bridgehead atoms. The van der Waals surface area contributed by atoms with Crippen LogP contribution in [0.5, 0.6) is 0 Å². The first-order valence-corrected chi connectivity index (χ1v) is 9.09. The van der Waals surface area contributed by atoms with E-state index in [1.165, 1.54) is 12.1 Å². The Kier molecular flexibility index (Phi) is 4.51. The van der Waals surface area contributed by atoms with Gasteiger partial charge in [0.2, 0.25) is 10.0 Å². The van der Waals surface area contributed by atoms with Crippen LogP contribution in [0.4, 0.5) is 11.4 Å². The topological polar surface area (TPSA) is 102 Å². The van der Waals surface area contributed by atoms with Crippen molar-refractivity contribution in [1.82, 2.24) is 4.72 Å². The summed E-state index contributed by atoms with van der Waals surface area (Å²) in [6, 6.07) is 4.05. The fourth-order valence-corrected chi connectivity index (χ4v) is 3.88. The zero-order valence-electron chi connectivity index (χ0n) is 12.6. The second-order valence-corrected chi connectivity index (χ2v) is 7.47. The Bertz CT molecular complexity index is 694. The van der Waals surface area contributed by atoms with Gasteiger partial charge in [0.15, 0.2) is 0 Å². The molecule has 0 atom stereocenters. The Balaban J connectivity index is 1.93. The molecular formula is C14H19N3O5S. The lowest BCUT2D eigenvalue weighted by Gasteiger charge is -2.22. The zero-order valence-corrected chi connectivity index (χ0v) is 13.4. The molecule has 126 valence electrons. The van der Waals surface area contributed by atoms with Gasteiger partial charge in [-0.25, -0.2) is 13.1 Å². The van der Waals surface area contributed by atoms with Crippen molar-refractivity contribution in [1.29, 1.82) is 0 Å². The average molecular weight is 341 g/mol. The van der Waals surface area contributed by atoms with E-state index < -0.39 is 14.9 Å². The van der Waals surface area contributed by atoms with Gasteiger partial charge >= 0.3 is 0 Å². The highest BCUT2D eigenvalue weighted by Gasteiger charge is 2.30. The zero-order chi connectivity index (χ0) is 16.4. The van der Waals surface area contributed by atoms with Crippen molar-refractivity contribution < 1.29 is 18.1 Å². The molecular weight excluding hydrogens is 322 g/mol. The van der Waals surface area contributed by atoms with Crippen LogP contribution in [0.15, 0.2) is 23.1 Å². The Morgan fingerprint density at radius 2 is 2.04 bits per heavy atom. The molecule has 1 saturated heterocycles. The van der Waals surface area contributed by atoms with Crippen molar-refractivity contribution in [2.24, 2.45) is 0 Å². The molecule has 8 nitrogen and oxygen atoms in total. The second kappa shape index (κ2) is 6.42. The van der Waals surface area contributed by atoms with Gasteiger partial charge in [0.25, 0.3) is 5.69 Å². The predicted octanol–water partition coefficient (Wildman–Crippen LogP) is 1.26. The summed E-state index contributed by atoms with van der Waals surface area (Å²) >= 11 is 0. The largest absolute Gasteiger partial charge is 0.380 e. The summed E-state index contributed by atoms with van der Waals surface area (Å²) in [6.45, 7) is 2.32. The van der Waals surface area contributed by atoms with Gasteiger partial charge in [0.05, 0.1) is 16.4 Å². The molecule has 2 fully saturated rings. The first-order chi connectivity index (χ1) is 11.0. The van der Waals surface area contributed by atoms with Crippen molar-refractivity contribution in [2.45, 2.75) is 30.2 Å². The summed E-state index contributed by atoms with van der Waals surface area (Å²) in [7, 11) is -3.71. The standard InChI is InChI=1S/C14H19N3O5S/c18-17(19)14-10-12(23(20,21)15-11-2-3-11)4-5-13(14)16-6-1-8-22-9-7-16/h4-5,10-11,15H,1-3,6-9H2. The van der Waals surface area contributed by atoms with Crippen LogP contribution in [-0.2, 0) is 14.8 Å². The minimum atomic E-state index is -3.71. The molecule has 0 radical (unpaired) electrons. The van der Waals surface area contributed by atoms with Crippen LogP contribution in [0.3, 0.4) is 0 Å². The Morgan fingerprint density at radius 3 is 2.74 bits per heavy atom. The SMILES string of the molecule is O=[N+]([O-])c1cc(S(=O)(=O)NC2CC2)ccc1N1CCCOCC1. The minimum absolute atomic E-state index is 0.0403. The summed E-state index contributed by atoms with van der Waals surface area (Å²) in [4.78, 5) is 12.7. The predicted molar refractivity (Wildman–Crippen MR) is 84.1 cm³/mol. The second-order valence-electron chi connectivity index (χ2n) is 5.76. The van der Waals surface area contributed by atoms with Crippen molar-refractivity contribution >= 4 is 21.4 Å². The number of nitrogens with zero attached hydrogens (tertiary/aromatic N) is 2. The third kappa shape index (κ3) is 3.80. The lowest BCUT2D eigenvalue weighted by molar-refractivity contribution is -0.384. The monoisotopic (exact) mass is 341 g/mol. The number of hydrogen-bond acceptors (Lipinski definition) is 6. The van der Waals surface area contributed by atoms with Crippen LogP contribution in [0.1, 0.15) is 19.3 Å². The minimum Gasteiger partial charge on any atom is -0.380 e. The summed E-state index contributed by atoms with van der Waals surface area (Å²) in [5.41, 5.74) is 0.247. The fourth-order valence-electron chi connectivity index (χ4n) is 2.56. The summed E-state index contributed by atoms with van der Waals surface area (Å²) in [5.74, 6) is 0. The molecule has 1 aliphatic carbocycles. The molecule has 2 aliphatic rings. The average Bonchev–Trinajstić information content (AvgIpc) is 3.32. The van der Waals surface area contributed by atoms with Gasteiger partial charge in [0.1, 0.15) is 5.69 Å². The highest BCUT2D eigenvalue weighted by molar-refractivity contribution is 7.89. The Hall–Kier alpha value is -1.71. The van der Waals surface area contributed by atoms with Crippen molar-refractivity contribution in [3.05, 3.63) is 28.3 Å². The van der Waals surface area contributed by atoms with E-state index in [-0.39, 0.29) is 16.6 Å². The number of nitrogens with one attached hydrogen (secondary N) is 1. The maximum absolute atomic E-state index is 12.2. The van der Waals surface area contributed by atoms with Gasteiger partial charge in [-0.3, -0.25) is 10.1 Å². The Morgan fingerprint density at radius 1 is 1.26 bits per heavy atom. The van der Waals surface area contributed by atoms with E-state index in [9.17, 15) is 18.5 Å². The first kappa shape index (κ1) is 16.2. The lowest BCUT2D eigenvalue weighted by Crippen LogP contribution is -2.28. The van der Waals surface area contributed by atoms with Gasteiger partial charge in [-0.05, 0) is 31.4 Å². The molecule has 0 aromatic heterocycles. The van der Waals surface area contributed by atoms with E-state index >= 15 is 0 Å². The number of benzene rings is 1. The molecule has 1 saturated carbocycles. The van der Waals surface area contributed by atoms with Gasteiger partial charge in [-0.2, -0.15) is 0 Å². The molecule has 1 heterocycles. The van der Waals surface area contributed by atoms with E-state index in [0.717, 1.165) is 25.3 Å². The van der Waals surface area contributed by atoms with Crippen LogP contribution in [0.2, 0.25) is 0 Å². The molecule has 0 spiro atoms. The molecule has 1 aliphatic heterocycles. The normalized spacial score (nSPS) is 19.4. The molecule has 3 rings (SSSR count). The van der Waals surface area contributed by atoms with Crippen molar-refractivity contribution in [3.8, 4) is 0 Å². The number of hydrogen-bond donors (Lipinski definition) is 1. The van der Waals surface area contributed by atoms with Crippen molar-refractivity contribution in [3.63, 3.8) is 0 Å². The number of nitro groups is 1. The molecule has 23 heavy (non-hydrogen) atoms. The van der Waals surface area contributed by atoms with Gasteiger partial charge in [0, 0.05) is 31.8 Å². The van der Waals surface area contributed by atoms with Crippen molar-refractivity contribution in [2.75, 3.05) is 31.2 Å². The smallest absolute Gasteiger partial charge is 0.293 e. The molecule has 9 heteroatoms. The van der Waals surface area contributed by atoms with Crippen LogP contribution < -0.4 is 9.62 Å². The van der Waals surface area contributed by atoms with Gasteiger partial charge in [-0.15, -0.1) is 0 Å². The maximum atomic E-state index is 12.2. The van der Waals surface area contributed by atoms with E-state index in [0.29, 0.717) is 32.0 Å². The maximum Gasteiger partial charge on any atom is 0.293 e. The van der Waals surface area contributed by atoms with Crippen LogP contribution in [0.25, 0.3) is 0 Å². The number of sulfonamides is 1. The highest BCUT2D eigenvalue weighted by atomic mass is 32.2. The van der Waals surface area contributed by atoms with Crippen LogP contribution in [0, 0.1) is 10.1 Å². The van der Waals surface area contributed by atoms with E-state index in [2.05, 4.69) is 4.72 Å². The van der Waals surface area contributed by atoms with E-state index in [1.54, 1.807) is 0 Å². The van der Waals surface area contributed by atoms with Gasteiger partial charge in [-0.1, -0.05) is 0 Å². The first-order valence-electron chi connectivity index (χ1n) is 7.61. The lowest BCUT2D eigenvalue weighted by atomic mass is 10.2. The van der Waals surface area contributed by atoms with E-state index in [1.807, 2.05) is 4.90 Å². The highest BCUT2D eigenvalue weighted by Crippen LogP contribution is 2.32. The molecule has 1 aromatic rings. The molecule has 1 aromatic carbocycles. The Labute approximate surface area is 134 Å². The van der Waals surface area contributed by atoms with E-state index in [4.69, 9.17) is 4.74 Å². The quantitative estimate of drug-likeness (QED) is 0.639. The summed E-state index contributed by atoms with van der Waals surface area (Å²) in [6.07, 6.45) is 2.40. The molecule has 1 N–H and O–H groups in total. The summed E-state index contributed by atoms with van der Waals surface area (Å²) < 4.78 is 32.4. The number of anilines is 1. The third-order valence-corrected chi connectivity index (χ3v) is 5.43. The third-order valence-electron chi connectivity index (χ3n) is 3.92. The molecule has 0 amide bonds. The number of rotatable bonds is 5. The van der Waals surface area contributed by atoms with Crippen LogP contribution >= 0.6 is 0 Å².